The van der Waals surface area contributed by atoms with E-state index in [1.165, 1.54) is 51.4 Å². The molecule has 18 heavy (non-hydrogen) atoms. The second-order valence-electron chi connectivity index (χ2n) is 7.11. The molecule has 2 saturated carbocycles. The number of nitrogens with two attached hydrogens (primary N) is 1. The maximum atomic E-state index is 11.3. The third kappa shape index (κ3) is 3.05. The van der Waals surface area contributed by atoms with Crippen LogP contribution in [0.5, 0.6) is 0 Å². The van der Waals surface area contributed by atoms with E-state index in [1.54, 1.807) is 0 Å². The lowest BCUT2D eigenvalue weighted by Crippen LogP contribution is -2.45. The Bertz CT molecular complexity index is 296. The van der Waals surface area contributed by atoms with Gasteiger partial charge in [-0.3, -0.25) is 4.79 Å². The lowest BCUT2D eigenvalue weighted by atomic mass is 9.71. The molecule has 0 atom stereocenters. The van der Waals surface area contributed by atoms with Gasteiger partial charge in [0.25, 0.3) is 0 Å². The second kappa shape index (κ2) is 5.20. The summed E-state index contributed by atoms with van der Waals surface area (Å²) < 4.78 is 0. The molecule has 0 aromatic carbocycles. The van der Waals surface area contributed by atoms with Crippen LogP contribution in [0.25, 0.3) is 0 Å². The number of nitrogens with one attached hydrogen (secondary N) is 1. The molecule has 2 aliphatic carbocycles. The summed E-state index contributed by atoms with van der Waals surface area (Å²) in [5.74, 6) is -0.210. The number of amides is 1. The average molecular weight is 252 g/mol. The predicted molar refractivity (Wildman–Crippen MR) is 74.1 cm³/mol. The average Bonchev–Trinajstić information content (AvgIpc) is 2.77. The molecule has 3 heteroatoms. The SMILES string of the molecule is CC(C)(CNC1CCC2(CCCC2)CC1)C(N)=O. The van der Waals surface area contributed by atoms with Gasteiger partial charge in [0.2, 0.25) is 5.91 Å². The summed E-state index contributed by atoms with van der Waals surface area (Å²) in [4.78, 5) is 11.3. The van der Waals surface area contributed by atoms with Crippen LogP contribution in [0.3, 0.4) is 0 Å². The van der Waals surface area contributed by atoms with Gasteiger partial charge in [0, 0.05) is 12.6 Å². The van der Waals surface area contributed by atoms with Gasteiger partial charge in [-0.15, -0.1) is 0 Å². The zero-order valence-corrected chi connectivity index (χ0v) is 11.9. The van der Waals surface area contributed by atoms with E-state index < -0.39 is 5.41 Å². The second-order valence-corrected chi connectivity index (χ2v) is 7.11. The fraction of sp³-hybridized carbons (Fsp3) is 0.933. The van der Waals surface area contributed by atoms with Crippen LogP contribution in [-0.4, -0.2) is 18.5 Å². The molecule has 3 N–H and O–H groups in total. The van der Waals surface area contributed by atoms with Crippen molar-refractivity contribution in [3.05, 3.63) is 0 Å². The maximum absolute atomic E-state index is 11.3. The van der Waals surface area contributed by atoms with Gasteiger partial charge in [0.15, 0.2) is 0 Å². The molecule has 2 aliphatic rings. The van der Waals surface area contributed by atoms with Gasteiger partial charge < -0.3 is 11.1 Å². The van der Waals surface area contributed by atoms with Gasteiger partial charge in [0.05, 0.1) is 5.41 Å². The third-order valence-electron chi connectivity index (χ3n) is 5.21. The maximum Gasteiger partial charge on any atom is 0.224 e. The highest BCUT2D eigenvalue weighted by molar-refractivity contribution is 5.80. The summed E-state index contributed by atoms with van der Waals surface area (Å²) >= 11 is 0. The van der Waals surface area contributed by atoms with Gasteiger partial charge in [-0.25, -0.2) is 0 Å². The van der Waals surface area contributed by atoms with Crippen LogP contribution in [0.1, 0.15) is 65.2 Å². The fourth-order valence-corrected chi connectivity index (χ4v) is 3.55. The van der Waals surface area contributed by atoms with Crippen molar-refractivity contribution in [1.29, 1.82) is 0 Å². The molecule has 2 fully saturated rings. The van der Waals surface area contributed by atoms with Gasteiger partial charge in [-0.2, -0.15) is 0 Å². The van der Waals surface area contributed by atoms with Crippen LogP contribution in [0, 0.1) is 10.8 Å². The lowest BCUT2D eigenvalue weighted by Gasteiger charge is -2.38. The first-order valence-electron chi connectivity index (χ1n) is 7.47. The predicted octanol–water partition coefficient (Wildman–Crippen LogP) is 2.59. The summed E-state index contributed by atoms with van der Waals surface area (Å²) in [5.41, 5.74) is 5.67. The Morgan fingerprint density at radius 3 is 2.28 bits per heavy atom. The zero-order valence-electron chi connectivity index (χ0n) is 11.9. The summed E-state index contributed by atoms with van der Waals surface area (Å²) in [5, 5.41) is 3.55. The van der Waals surface area contributed by atoms with Crippen molar-refractivity contribution >= 4 is 5.91 Å². The van der Waals surface area contributed by atoms with E-state index in [0.717, 1.165) is 0 Å². The van der Waals surface area contributed by atoms with Crippen molar-refractivity contribution in [3.63, 3.8) is 0 Å². The number of primary amides is 1. The number of carbonyl (C=O) groups excluding carboxylic acids is 1. The van der Waals surface area contributed by atoms with E-state index in [1.807, 2.05) is 13.8 Å². The molecule has 0 bridgehead atoms. The molecule has 0 heterocycles. The molecule has 0 aliphatic heterocycles. The van der Waals surface area contributed by atoms with Crippen LogP contribution in [0.15, 0.2) is 0 Å². The van der Waals surface area contributed by atoms with E-state index >= 15 is 0 Å². The minimum atomic E-state index is -0.428. The Morgan fingerprint density at radius 2 is 1.78 bits per heavy atom. The molecule has 0 radical (unpaired) electrons. The molecule has 2 rings (SSSR count). The molecule has 0 unspecified atom stereocenters. The van der Waals surface area contributed by atoms with Crippen LogP contribution in [0.2, 0.25) is 0 Å². The molecule has 0 aromatic rings. The Balaban J connectivity index is 1.75. The smallest absolute Gasteiger partial charge is 0.224 e. The summed E-state index contributed by atoms with van der Waals surface area (Å²) in [6.45, 7) is 4.55. The van der Waals surface area contributed by atoms with E-state index in [0.29, 0.717) is 18.0 Å². The minimum Gasteiger partial charge on any atom is -0.369 e. The van der Waals surface area contributed by atoms with E-state index in [4.69, 9.17) is 5.73 Å². The molecule has 104 valence electrons. The van der Waals surface area contributed by atoms with Crippen LogP contribution in [0.4, 0.5) is 0 Å². The highest BCUT2D eigenvalue weighted by Gasteiger charge is 2.37. The number of carbonyl (C=O) groups is 1. The molecule has 0 aromatic heterocycles. The van der Waals surface area contributed by atoms with E-state index in [9.17, 15) is 4.79 Å². The Morgan fingerprint density at radius 1 is 1.22 bits per heavy atom. The molecular formula is C15H28N2O. The summed E-state index contributed by atoms with van der Waals surface area (Å²) in [6.07, 6.45) is 11.1. The van der Waals surface area contributed by atoms with Crippen molar-refractivity contribution in [2.24, 2.45) is 16.6 Å². The zero-order chi connectivity index (χ0) is 13.2. The Hall–Kier alpha value is -0.570. The Labute approximate surface area is 111 Å². The van der Waals surface area contributed by atoms with Crippen LogP contribution >= 0.6 is 0 Å². The molecule has 3 nitrogen and oxygen atoms in total. The lowest BCUT2D eigenvalue weighted by molar-refractivity contribution is -0.125. The number of rotatable bonds is 4. The van der Waals surface area contributed by atoms with E-state index in [2.05, 4.69) is 5.32 Å². The summed E-state index contributed by atoms with van der Waals surface area (Å²) in [7, 11) is 0. The van der Waals surface area contributed by atoms with Crippen LogP contribution in [-0.2, 0) is 4.79 Å². The highest BCUT2D eigenvalue weighted by atomic mass is 16.1. The number of hydrogen-bond donors (Lipinski definition) is 2. The first kappa shape index (κ1) is 13.9. The van der Waals surface area contributed by atoms with Gasteiger partial charge in [-0.1, -0.05) is 12.8 Å². The van der Waals surface area contributed by atoms with Crippen LogP contribution < -0.4 is 11.1 Å². The quantitative estimate of drug-likeness (QED) is 0.808. The highest BCUT2D eigenvalue weighted by Crippen LogP contribution is 2.48. The summed E-state index contributed by atoms with van der Waals surface area (Å²) in [6, 6.07) is 0.592. The van der Waals surface area contributed by atoms with Gasteiger partial charge in [0.1, 0.15) is 0 Å². The first-order chi connectivity index (χ1) is 8.44. The normalized spacial score (nSPS) is 24.6. The molecule has 0 saturated heterocycles. The van der Waals surface area contributed by atoms with Crippen molar-refractivity contribution in [2.75, 3.05) is 6.54 Å². The largest absolute Gasteiger partial charge is 0.369 e. The van der Waals surface area contributed by atoms with Crippen molar-refractivity contribution in [3.8, 4) is 0 Å². The van der Waals surface area contributed by atoms with Crippen molar-refractivity contribution in [1.82, 2.24) is 5.32 Å². The molecule has 1 amide bonds. The minimum absolute atomic E-state index is 0.210. The first-order valence-corrected chi connectivity index (χ1v) is 7.47. The van der Waals surface area contributed by atoms with Crippen molar-refractivity contribution in [2.45, 2.75) is 71.3 Å². The molecular weight excluding hydrogens is 224 g/mol. The topological polar surface area (TPSA) is 55.1 Å². The van der Waals surface area contributed by atoms with Crippen molar-refractivity contribution < 1.29 is 4.79 Å². The Kier molecular flexibility index (Phi) is 4.00. The standard InChI is InChI=1S/C15H28N2O/c1-14(2,13(16)18)11-17-12-5-9-15(10-6-12)7-3-4-8-15/h12,17H,3-11H2,1-2H3,(H2,16,18). The molecule has 1 spiro atoms. The number of hydrogen-bond acceptors (Lipinski definition) is 2. The fourth-order valence-electron chi connectivity index (χ4n) is 3.55. The van der Waals surface area contributed by atoms with Gasteiger partial charge >= 0.3 is 0 Å². The van der Waals surface area contributed by atoms with E-state index in [-0.39, 0.29) is 5.91 Å². The third-order valence-corrected chi connectivity index (χ3v) is 5.21. The monoisotopic (exact) mass is 252 g/mol. The van der Waals surface area contributed by atoms with Gasteiger partial charge in [-0.05, 0) is 57.8 Å².